The van der Waals surface area contributed by atoms with Crippen molar-refractivity contribution in [2.45, 2.75) is 53.0 Å². The molecule has 0 radical (unpaired) electrons. The summed E-state index contributed by atoms with van der Waals surface area (Å²) in [6, 6.07) is 17.9. The molecule has 10 rings (SSSR count). The second kappa shape index (κ2) is 22.1. The fraction of sp³-hybridized carbons (Fsp3) is 0.309. The van der Waals surface area contributed by atoms with Crippen LogP contribution in [0.15, 0.2) is 125 Å². The minimum Gasteiger partial charge on any atom is -0.480 e. The largest absolute Gasteiger partial charge is 0.480 e. The van der Waals surface area contributed by atoms with Gasteiger partial charge in [-0.3, -0.25) is 23.2 Å². The molecule has 16 nitrogen and oxygen atoms in total. The van der Waals surface area contributed by atoms with Gasteiger partial charge in [0.05, 0.1) is 99.7 Å². The van der Waals surface area contributed by atoms with Crippen molar-refractivity contribution in [2.75, 3.05) is 83.9 Å². The molecule has 0 aromatic heterocycles. The van der Waals surface area contributed by atoms with E-state index in [0.29, 0.717) is 30.8 Å². The van der Waals surface area contributed by atoms with Crippen LogP contribution in [-0.4, -0.2) is 138 Å². The van der Waals surface area contributed by atoms with Crippen LogP contribution in [0.5, 0.6) is 5.75 Å². The molecule has 4 aliphatic heterocycles. The van der Waals surface area contributed by atoms with Crippen LogP contribution in [0.1, 0.15) is 28.3 Å². The summed E-state index contributed by atoms with van der Waals surface area (Å²) in [4.78, 5) is 17.1. The molecule has 6 aromatic carbocycles. The van der Waals surface area contributed by atoms with Gasteiger partial charge in [0.2, 0.25) is 0 Å². The lowest BCUT2D eigenvalue weighted by Crippen LogP contribution is -2.62. The van der Waals surface area contributed by atoms with E-state index in [2.05, 4.69) is 4.74 Å². The van der Waals surface area contributed by atoms with Gasteiger partial charge < -0.3 is 29.9 Å². The maximum Gasteiger partial charge on any atom is 0.416 e. The number of ether oxygens (including phenoxy) is 1. The Morgan fingerprint density at radius 1 is 0.687 bits per heavy atom. The van der Waals surface area contributed by atoms with Crippen LogP contribution in [0.25, 0.3) is 22.3 Å². The fourth-order valence-electron chi connectivity index (χ4n) is 11.3. The molecule has 2 saturated heterocycles. The van der Waals surface area contributed by atoms with E-state index in [1.54, 1.807) is 11.0 Å². The highest BCUT2D eigenvalue weighted by atomic mass is 32.2. The molecule has 4 atom stereocenters. The number of β-amino-alcohol motifs (C(OH)–C–C–N with tert-alkyl or cyclic N) is 1. The van der Waals surface area contributed by atoms with Crippen LogP contribution in [0.4, 0.5) is 66.7 Å². The number of aliphatic carboxylic acids is 1. The average molecular weight is 1200 g/mol. The van der Waals surface area contributed by atoms with E-state index in [9.17, 15) is 60.1 Å². The Morgan fingerprint density at radius 2 is 1.33 bits per heavy atom. The lowest BCUT2D eigenvalue weighted by Gasteiger charge is -2.52. The molecule has 6 aromatic rings. The lowest BCUT2D eigenvalue weighted by molar-refractivity contribution is -0.140. The zero-order chi connectivity index (χ0) is 59.7. The maximum atomic E-state index is 15.8. The van der Waals surface area contributed by atoms with Gasteiger partial charge in [0.1, 0.15) is 23.5 Å². The van der Waals surface area contributed by atoms with E-state index in [0.717, 1.165) is 49.9 Å². The van der Waals surface area contributed by atoms with Gasteiger partial charge in [0.15, 0.2) is 0 Å². The first-order valence-corrected chi connectivity index (χ1v) is 28.2. The third-order valence-corrected chi connectivity index (χ3v) is 18.6. The van der Waals surface area contributed by atoms with Gasteiger partial charge in [-0.15, -0.1) is 0 Å². The molecule has 83 heavy (non-hydrogen) atoms. The first kappa shape index (κ1) is 58.5. The third-order valence-electron chi connectivity index (χ3n) is 15.0. The van der Waals surface area contributed by atoms with Gasteiger partial charge in [0.25, 0.3) is 20.0 Å². The summed E-state index contributed by atoms with van der Waals surface area (Å²) >= 11 is 0. The van der Waals surface area contributed by atoms with Crippen molar-refractivity contribution in [2.24, 2.45) is 0 Å². The van der Waals surface area contributed by atoms with Gasteiger partial charge in [-0.25, -0.2) is 25.6 Å². The van der Waals surface area contributed by atoms with Crippen molar-refractivity contribution in [3.63, 3.8) is 0 Å². The Kier molecular flexibility index (Phi) is 15.6. The van der Waals surface area contributed by atoms with E-state index in [1.807, 2.05) is 4.90 Å². The number of anilines is 4. The minimum absolute atomic E-state index is 0.0117. The van der Waals surface area contributed by atoms with Crippen molar-refractivity contribution in [1.82, 2.24) is 9.80 Å². The van der Waals surface area contributed by atoms with E-state index in [-0.39, 0.29) is 70.2 Å². The second-order valence-corrected chi connectivity index (χ2v) is 23.9. The lowest BCUT2D eigenvalue weighted by atomic mass is 9.92. The Morgan fingerprint density at radius 3 is 1.96 bits per heavy atom. The average Bonchev–Trinajstić information content (AvgIpc) is 2.27. The number of halogens is 10. The van der Waals surface area contributed by atoms with Crippen LogP contribution < -0.4 is 23.1 Å². The zero-order valence-electron chi connectivity index (χ0n) is 42.9. The van der Waals surface area contributed by atoms with Gasteiger partial charge in [0, 0.05) is 50.9 Å². The summed E-state index contributed by atoms with van der Waals surface area (Å²) < 4.78 is 212. The van der Waals surface area contributed by atoms with Crippen LogP contribution in [0.2, 0.25) is 0 Å². The Balaban J connectivity index is 1.07. The summed E-state index contributed by atoms with van der Waals surface area (Å²) in [5.41, 5.74) is -4.11. The first-order chi connectivity index (χ1) is 39.2. The number of nitriles is 1. The van der Waals surface area contributed by atoms with E-state index in [4.69, 9.17) is 0 Å². The molecule has 3 N–H and O–H groups in total. The van der Waals surface area contributed by atoms with Gasteiger partial charge >= 0.3 is 24.9 Å². The van der Waals surface area contributed by atoms with Crippen LogP contribution in [0.3, 0.4) is 0 Å². The highest BCUT2D eigenvalue weighted by molar-refractivity contribution is 7.93. The number of benzene rings is 6. The van der Waals surface area contributed by atoms with Crippen LogP contribution in [0, 0.1) is 23.0 Å². The highest BCUT2D eigenvalue weighted by Gasteiger charge is 2.48. The molecule has 0 spiro atoms. The molecule has 0 saturated carbocycles. The van der Waals surface area contributed by atoms with Gasteiger partial charge in [-0.1, -0.05) is 36.4 Å². The van der Waals surface area contributed by atoms with Crippen molar-refractivity contribution < 1.29 is 85.6 Å². The quantitative estimate of drug-likeness (QED) is 0.0879. The standard InChI is InChI=1S/C55H47F10N7O9S2/c56-36-15-34(16-40(20-36)81-53(58)59)31-7-11-46-48(17-31)71(25-37-23-67(13-14-69(37)46)27-39(74)30-73)83(79,80)42-9-10-44(45(21-42)55(63,64)65)50-28-70-38(24-68(50)29-51(75)76)26-72(82(77,78)41-5-2-4-35(19-41)54(60,61)62)49-18-32(8-12-47(49)70)43-6-1-3-33(22-66)52(43)57/h1-12,15-21,37-39,50,53,73-74H,13-14,23-30H2,(H,75,76)/t37-,38-,39+,50?/m0/s1. The number of alkyl halides is 8. The number of carboxylic acids is 1. The number of carboxylic acid groups (broad SMARTS) is 1. The Hall–Kier alpha value is -7.68. The summed E-state index contributed by atoms with van der Waals surface area (Å²) in [7, 11) is -10.1. The number of fused-ring (bicyclic) bond motifs is 6. The molecule has 1 unspecified atom stereocenters. The summed E-state index contributed by atoms with van der Waals surface area (Å²) in [6.45, 7) is -6.34. The normalized spacial score (nSPS) is 19.2. The Bertz CT molecular complexity index is 3800. The van der Waals surface area contributed by atoms with Gasteiger partial charge in [-0.2, -0.15) is 40.4 Å². The summed E-state index contributed by atoms with van der Waals surface area (Å²) in [5.74, 6) is -4.09. The van der Waals surface area contributed by atoms with Gasteiger partial charge in [-0.05, 0) is 95.1 Å². The fourth-order valence-corrected chi connectivity index (χ4v) is 14.4. The van der Waals surface area contributed by atoms with E-state index >= 15 is 26.0 Å². The first-order valence-electron chi connectivity index (χ1n) is 25.3. The van der Waals surface area contributed by atoms with Crippen molar-refractivity contribution in [3.8, 4) is 34.1 Å². The minimum atomic E-state index is -5.37. The maximum absolute atomic E-state index is 15.8. The summed E-state index contributed by atoms with van der Waals surface area (Å²) in [5, 5.41) is 39.7. The number of nitrogens with zero attached hydrogens (tertiary/aromatic N) is 7. The number of hydrogen-bond acceptors (Lipinski definition) is 13. The molecule has 438 valence electrons. The number of piperazine rings is 2. The molecule has 4 heterocycles. The molecule has 0 aliphatic carbocycles. The number of hydrogen-bond donors (Lipinski definition) is 3. The molecule has 0 amide bonds. The molecule has 0 bridgehead atoms. The molecule has 2 fully saturated rings. The molecule has 4 aliphatic rings. The SMILES string of the molecule is N#Cc1cccc(-c2ccc3c(c2)N(S(=O)(=O)c2cccc(C(F)(F)F)c2)C[C@@H]2CN(CC(=O)O)C(c4ccc(S(=O)(=O)N5C[C@@H]6CN(C[C@@H](O)CO)CCN6c6ccc(-c7cc(F)cc(OC(F)F)c7)cc65)cc4C(F)(F)F)CN32)c1F. The Labute approximate surface area is 467 Å². The highest BCUT2D eigenvalue weighted by Crippen LogP contribution is 2.49. The summed E-state index contributed by atoms with van der Waals surface area (Å²) in [6.07, 6.45) is -11.5. The topological polar surface area (TPSA) is 198 Å². The molecular weight excluding hydrogens is 1160 g/mol. The predicted molar refractivity (Wildman–Crippen MR) is 281 cm³/mol. The zero-order valence-corrected chi connectivity index (χ0v) is 44.6. The molecular formula is C55H47F10N7O9S2. The second-order valence-electron chi connectivity index (χ2n) is 20.2. The monoisotopic (exact) mass is 1200 g/mol. The number of carbonyl (C=O) groups is 1. The number of aliphatic hydroxyl groups is 2. The number of sulfonamides is 2. The van der Waals surface area contributed by atoms with E-state index < -0.39 is 152 Å². The van der Waals surface area contributed by atoms with Crippen LogP contribution in [-0.2, 0) is 37.2 Å². The third kappa shape index (κ3) is 11.4. The molecule has 28 heteroatoms. The number of aliphatic hydroxyl groups excluding tert-OH is 2. The number of rotatable bonds is 14. The van der Waals surface area contributed by atoms with Crippen molar-refractivity contribution >= 4 is 48.8 Å². The van der Waals surface area contributed by atoms with Crippen LogP contribution >= 0.6 is 0 Å². The van der Waals surface area contributed by atoms with Crippen molar-refractivity contribution in [3.05, 3.63) is 149 Å². The van der Waals surface area contributed by atoms with E-state index in [1.165, 1.54) is 59.5 Å². The van der Waals surface area contributed by atoms with Crippen molar-refractivity contribution in [1.29, 1.82) is 5.26 Å². The smallest absolute Gasteiger partial charge is 0.416 e. The predicted octanol–water partition coefficient (Wildman–Crippen LogP) is 8.39.